The van der Waals surface area contributed by atoms with Gasteiger partial charge in [0.15, 0.2) is 5.96 Å². The van der Waals surface area contributed by atoms with Gasteiger partial charge in [-0.25, -0.2) is 4.79 Å². The lowest BCUT2D eigenvalue weighted by molar-refractivity contribution is 0.1000. The second kappa shape index (κ2) is 16.4. The summed E-state index contributed by atoms with van der Waals surface area (Å²) in [4.78, 5) is 35.3. The predicted octanol–water partition coefficient (Wildman–Crippen LogP) is 4.13. The SMILES string of the molecule is CC(C)(C)c1cc(CCCCN)cc(C(N)=O)c1.CC(C)(C)c1cc2cn(-c3ccc(CNCCCN=C(N)N)cc3)c(=O)nc2[nH]1. The lowest BCUT2D eigenvalue weighted by Crippen LogP contribution is -2.23. The monoisotopic (exact) mass is 643 g/mol. The van der Waals surface area contributed by atoms with Gasteiger partial charge in [-0.15, -0.1) is 0 Å². The number of carbonyl (C=O) groups excluding carboxylic acids is 1. The Balaban J connectivity index is 0.000000287. The molecule has 2 aromatic heterocycles. The smallest absolute Gasteiger partial charge is 0.354 e. The summed E-state index contributed by atoms with van der Waals surface area (Å²) in [5.74, 6) is -0.237. The van der Waals surface area contributed by atoms with Crippen LogP contribution in [0.5, 0.6) is 0 Å². The Morgan fingerprint density at radius 1 is 0.915 bits per heavy atom. The maximum Gasteiger partial charge on any atom is 0.354 e. The highest BCUT2D eigenvalue weighted by atomic mass is 16.1. The number of nitrogens with zero attached hydrogens (tertiary/aromatic N) is 3. The Bertz CT molecular complexity index is 1700. The van der Waals surface area contributed by atoms with E-state index in [1.54, 1.807) is 4.57 Å². The number of benzene rings is 2. The minimum atomic E-state index is -0.360. The number of aromatic nitrogens is 3. The van der Waals surface area contributed by atoms with Crippen LogP contribution in [0.1, 0.15) is 93.5 Å². The number of aryl methyl sites for hydroxylation is 1. The van der Waals surface area contributed by atoms with Crippen LogP contribution in [0.2, 0.25) is 0 Å². The molecule has 0 aliphatic carbocycles. The summed E-state index contributed by atoms with van der Waals surface area (Å²) < 4.78 is 1.58. The maximum absolute atomic E-state index is 12.5. The van der Waals surface area contributed by atoms with Crippen LogP contribution in [0.4, 0.5) is 0 Å². The molecule has 10 N–H and O–H groups in total. The Kier molecular flexibility index (Phi) is 12.9. The molecule has 0 aliphatic heterocycles. The van der Waals surface area contributed by atoms with Crippen LogP contribution in [0.25, 0.3) is 16.7 Å². The van der Waals surface area contributed by atoms with Crippen LogP contribution in [0.15, 0.2) is 64.5 Å². The van der Waals surface area contributed by atoms with E-state index in [4.69, 9.17) is 22.9 Å². The van der Waals surface area contributed by atoms with E-state index < -0.39 is 0 Å². The molecule has 1 amide bonds. The molecule has 0 unspecified atom stereocenters. The van der Waals surface area contributed by atoms with Gasteiger partial charge in [0.25, 0.3) is 0 Å². The van der Waals surface area contributed by atoms with Crippen molar-refractivity contribution in [3.05, 3.63) is 93.2 Å². The second-order valence-electron chi connectivity index (χ2n) is 13.9. The van der Waals surface area contributed by atoms with Gasteiger partial charge < -0.3 is 33.2 Å². The van der Waals surface area contributed by atoms with Gasteiger partial charge in [0, 0.05) is 41.3 Å². The zero-order valence-corrected chi connectivity index (χ0v) is 28.8. The van der Waals surface area contributed by atoms with E-state index in [0.29, 0.717) is 24.3 Å². The zero-order chi connectivity index (χ0) is 34.8. The fourth-order valence-electron chi connectivity index (χ4n) is 4.89. The number of amides is 1. The summed E-state index contributed by atoms with van der Waals surface area (Å²) in [6, 6.07) is 15.9. The number of rotatable bonds is 12. The van der Waals surface area contributed by atoms with Gasteiger partial charge >= 0.3 is 5.69 Å². The fourth-order valence-corrected chi connectivity index (χ4v) is 4.89. The van der Waals surface area contributed by atoms with E-state index in [1.165, 1.54) is 5.56 Å². The van der Waals surface area contributed by atoms with Gasteiger partial charge in [-0.1, -0.05) is 59.7 Å². The number of aromatic amines is 1. The largest absolute Gasteiger partial charge is 0.370 e. The first-order chi connectivity index (χ1) is 22.1. The Hall–Kier alpha value is -4.48. The summed E-state index contributed by atoms with van der Waals surface area (Å²) in [5, 5.41) is 4.27. The maximum atomic E-state index is 12.5. The first-order valence-electron chi connectivity index (χ1n) is 16.2. The number of nitrogens with one attached hydrogen (secondary N) is 2. The summed E-state index contributed by atoms with van der Waals surface area (Å²) in [6.07, 6.45) is 5.70. The lowest BCUT2D eigenvalue weighted by Gasteiger charge is -2.21. The van der Waals surface area contributed by atoms with Crippen LogP contribution >= 0.6 is 0 Å². The van der Waals surface area contributed by atoms with Crippen LogP contribution < -0.4 is 33.9 Å². The van der Waals surface area contributed by atoms with Gasteiger partial charge in [-0.2, -0.15) is 4.98 Å². The number of guanidine groups is 1. The summed E-state index contributed by atoms with van der Waals surface area (Å²) >= 11 is 0. The number of hydrogen-bond donors (Lipinski definition) is 6. The highest BCUT2D eigenvalue weighted by Crippen LogP contribution is 2.26. The van der Waals surface area contributed by atoms with Crippen molar-refractivity contribution in [2.45, 2.75) is 84.6 Å². The van der Waals surface area contributed by atoms with Gasteiger partial charge in [0.2, 0.25) is 5.91 Å². The summed E-state index contributed by atoms with van der Waals surface area (Å²) in [7, 11) is 0. The van der Waals surface area contributed by atoms with Gasteiger partial charge in [-0.3, -0.25) is 14.4 Å². The van der Waals surface area contributed by atoms with Crippen LogP contribution in [-0.4, -0.2) is 46.0 Å². The molecule has 47 heavy (non-hydrogen) atoms. The molecule has 0 bridgehead atoms. The molecule has 0 saturated carbocycles. The molecule has 4 aromatic rings. The van der Waals surface area contributed by atoms with Gasteiger partial charge in [-0.05, 0) is 91.2 Å². The highest BCUT2D eigenvalue weighted by molar-refractivity contribution is 5.93. The molecule has 0 saturated heterocycles. The number of H-pyrrole nitrogens is 1. The quantitative estimate of drug-likeness (QED) is 0.0758. The van der Waals surface area contributed by atoms with E-state index in [2.05, 4.69) is 74.0 Å². The normalized spacial score (nSPS) is 11.6. The number of primary amides is 1. The van der Waals surface area contributed by atoms with E-state index in [9.17, 15) is 9.59 Å². The third kappa shape index (κ3) is 11.4. The number of unbranched alkanes of at least 4 members (excludes halogenated alkanes) is 1. The van der Waals surface area contributed by atoms with Crippen molar-refractivity contribution in [2.75, 3.05) is 19.6 Å². The van der Waals surface area contributed by atoms with Crippen LogP contribution in [-0.2, 0) is 23.8 Å². The average molecular weight is 644 g/mol. The van der Waals surface area contributed by atoms with Crippen molar-refractivity contribution >= 4 is 22.9 Å². The zero-order valence-electron chi connectivity index (χ0n) is 28.8. The molecule has 0 spiro atoms. The summed E-state index contributed by atoms with van der Waals surface area (Å²) in [6.45, 7) is 15.7. The Morgan fingerprint density at radius 3 is 2.21 bits per heavy atom. The molecular formula is C36H53N9O2. The second-order valence-corrected chi connectivity index (χ2v) is 13.9. The predicted molar refractivity (Wildman–Crippen MR) is 193 cm³/mol. The lowest BCUT2D eigenvalue weighted by atomic mass is 9.84. The van der Waals surface area contributed by atoms with E-state index in [0.717, 1.165) is 66.7 Å². The fraction of sp³-hybridized carbons (Fsp3) is 0.444. The highest BCUT2D eigenvalue weighted by Gasteiger charge is 2.18. The van der Waals surface area contributed by atoms with E-state index in [-0.39, 0.29) is 28.4 Å². The van der Waals surface area contributed by atoms with Gasteiger partial charge in [0.05, 0.1) is 5.69 Å². The molecule has 2 heterocycles. The molecule has 11 heteroatoms. The van der Waals surface area contributed by atoms with Crippen molar-refractivity contribution in [1.29, 1.82) is 0 Å². The average Bonchev–Trinajstić information content (AvgIpc) is 3.42. The molecular weight excluding hydrogens is 590 g/mol. The minimum Gasteiger partial charge on any atom is -0.370 e. The van der Waals surface area contributed by atoms with Crippen LogP contribution in [0, 0.1) is 0 Å². The Labute approximate surface area is 278 Å². The molecule has 0 fully saturated rings. The molecule has 0 aliphatic rings. The topological polar surface area (TPSA) is 196 Å². The Morgan fingerprint density at radius 2 is 1.62 bits per heavy atom. The number of aliphatic imine (C=N–C) groups is 1. The third-order valence-corrected chi connectivity index (χ3v) is 7.73. The molecule has 254 valence electrons. The molecule has 11 nitrogen and oxygen atoms in total. The standard InChI is InChI=1S/C21H29N7O.C15H24N2O/c1-21(2,3)17-11-15-13-28(20(29)27-18(15)26-17)16-7-5-14(6-8-16)12-24-9-4-10-25-19(22)23;1-15(2,3)13-9-11(6-4-5-7-16)8-12(10-13)14(17)18/h5-8,11,13,24H,4,9-10,12H2,1-3H3,(H4,22,23,25)(H,26,27,29);8-10H,4-7,16H2,1-3H3,(H2,17,18). The van der Waals surface area contributed by atoms with Crippen molar-refractivity contribution in [1.82, 2.24) is 19.9 Å². The molecule has 0 atom stereocenters. The first-order valence-corrected chi connectivity index (χ1v) is 16.2. The third-order valence-electron chi connectivity index (χ3n) is 7.73. The van der Waals surface area contributed by atoms with E-state index in [1.807, 2.05) is 42.6 Å². The van der Waals surface area contributed by atoms with Crippen LogP contribution in [0.3, 0.4) is 0 Å². The number of fused-ring (bicyclic) bond motifs is 1. The minimum absolute atomic E-state index is 0.0219. The van der Waals surface area contributed by atoms with Crippen molar-refractivity contribution < 1.29 is 4.79 Å². The molecule has 4 rings (SSSR count). The van der Waals surface area contributed by atoms with Gasteiger partial charge in [0.1, 0.15) is 5.65 Å². The first kappa shape index (κ1) is 37.0. The van der Waals surface area contributed by atoms with Crippen molar-refractivity contribution in [3.8, 4) is 5.69 Å². The number of carbonyl (C=O) groups is 1. The van der Waals surface area contributed by atoms with E-state index >= 15 is 0 Å². The molecule has 0 radical (unpaired) electrons. The molecule has 2 aromatic carbocycles. The number of nitrogens with two attached hydrogens (primary N) is 4. The van der Waals surface area contributed by atoms with Crippen molar-refractivity contribution in [2.24, 2.45) is 27.9 Å². The summed E-state index contributed by atoms with van der Waals surface area (Å²) in [5.41, 5.74) is 27.7. The van der Waals surface area contributed by atoms with Crippen molar-refractivity contribution in [3.63, 3.8) is 0 Å². The number of hydrogen-bond acceptors (Lipinski definition) is 6.